The van der Waals surface area contributed by atoms with Crippen LogP contribution in [-0.2, 0) is 27.3 Å². The molecule has 0 bridgehead atoms. The summed E-state index contributed by atoms with van der Waals surface area (Å²) in [4.78, 5) is 22.9. The number of carbonyl (C=O) groups is 1. The highest BCUT2D eigenvalue weighted by Gasteiger charge is 2.32. The number of benzene rings is 1. The van der Waals surface area contributed by atoms with Crippen molar-refractivity contribution < 1.29 is 18.7 Å². The molecule has 1 amide bonds. The fraction of sp³-hybridized carbons (Fsp3) is 0.300. The van der Waals surface area contributed by atoms with Crippen LogP contribution in [0.1, 0.15) is 22.4 Å². The van der Waals surface area contributed by atoms with Gasteiger partial charge in [0, 0.05) is 29.0 Å². The summed E-state index contributed by atoms with van der Waals surface area (Å²) < 4.78 is 27.2. The molecule has 0 radical (unpaired) electrons. The maximum Gasteiger partial charge on any atom is 0.275 e. The van der Waals surface area contributed by atoms with Crippen molar-refractivity contribution in [3.8, 4) is 0 Å². The van der Waals surface area contributed by atoms with E-state index in [1.807, 2.05) is 0 Å². The summed E-state index contributed by atoms with van der Waals surface area (Å²) in [6.07, 6.45) is 1.61. The van der Waals surface area contributed by atoms with Gasteiger partial charge in [0.25, 0.3) is 5.91 Å². The predicted octanol–water partition coefficient (Wildman–Crippen LogP) is 4.36. The first-order valence-electron chi connectivity index (χ1n) is 9.66. The molecule has 1 fully saturated rings. The van der Waals surface area contributed by atoms with Gasteiger partial charge in [-0.2, -0.15) is 0 Å². The number of hydrogen-bond acceptors (Lipinski definition) is 7. The zero-order valence-electron chi connectivity index (χ0n) is 16.4. The number of aromatic nitrogens is 1. The highest BCUT2D eigenvalue weighted by atomic mass is 127. The quantitative estimate of drug-likeness (QED) is 0.307. The molecule has 1 saturated heterocycles. The van der Waals surface area contributed by atoms with Gasteiger partial charge in [-0.05, 0) is 12.1 Å². The normalized spacial score (nSPS) is 22.0. The van der Waals surface area contributed by atoms with Gasteiger partial charge < -0.3 is 9.47 Å². The monoisotopic (exact) mass is 608 g/mol. The van der Waals surface area contributed by atoms with Crippen LogP contribution in [0.15, 0.2) is 29.0 Å². The van der Waals surface area contributed by atoms with Gasteiger partial charge in [-0.25, -0.2) is 14.7 Å². The van der Waals surface area contributed by atoms with Crippen LogP contribution in [0.3, 0.4) is 0 Å². The fourth-order valence-corrected chi connectivity index (χ4v) is 7.05. The Morgan fingerprint density at radius 2 is 2.25 bits per heavy atom. The number of aliphatic imine (C=N–C) groups is 1. The number of halogens is 4. The molecule has 1 unspecified atom stereocenters. The topological polar surface area (TPSA) is 84.8 Å². The van der Waals surface area contributed by atoms with Crippen molar-refractivity contribution in [2.24, 2.45) is 4.99 Å². The Hall–Kier alpha value is -1.44. The molecule has 3 aliphatic heterocycles. The first kappa shape index (κ1) is 22.4. The van der Waals surface area contributed by atoms with E-state index in [1.54, 1.807) is 6.08 Å². The van der Waals surface area contributed by atoms with Crippen LogP contribution in [0.2, 0.25) is 10.0 Å². The third kappa shape index (κ3) is 4.48. The van der Waals surface area contributed by atoms with Crippen molar-refractivity contribution in [2.45, 2.75) is 19.3 Å². The molecule has 4 heterocycles. The van der Waals surface area contributed by atoms with E-state index in [2.05, 4.69) is 20.6 Å². The van der Waals surface area contributed by atoms with Gasteiger partial charge in [0.1, 0.15) is 17.3 Å². The van der Waals surface area contributed by atoms with Crippen LogP contribution in [0.25, 0.3) is 0 Å². The largest absolute Gasteiger partial charge is 0.468 e. The van der Waals surface area contributed by atoms with Crippen molar-refractivity contribution in [3.63, 3.8) is 0 Å². The second kappa shape index (κ2) is 9.43. The van der Waals surface area contributed by atoms with E-state index < -0.39 is 32.8 Å². The average molecular weight is 609 g/mol. The Morgan fingerprint density at radius 3 is 3.09 bits per heavy atom. The Balaban J connectivity index is 1.38. The molecule has 1 aromatic carbocycles. The lowest BCUT2D eigenvalue weighted by molar-refractivity contribution is -0.110. The van der Waals surface area contributed by atoms with Crippen molar-refractivity contribution >= 4 is 75.7 Å². The number of nitrogens with zero attached hydrogens (tertiary/aromatic N) is 2. The summed E-state index contributed by atoms with van der Waals surface area (Å²) in [5.41, 5.74) is 1.53. The third-order valence-electron chi connectivity index (χ3n) is 4.87. The van der Waals surface area contributed by atoms with Crippen molar-refractivity contribution in [2.75, 3.05) is 22.9 Å². The zero-order valence-corrected chi connectivity index (χ0v) is 20.9. The molecular weight excluding hydrogens is 593 g/mol. The number of hydrogen-bond donors (Lipinski definition) is 2. The van der Waals surface area contributed by atoms with Gasteiger partial charge >= 0.3 is 0 Å². The van der Waals surface area contributed by atoms with E-state index in [0.29, 0.717) is 41.2 Å². The Labute approximate surface area is 206 Å². The van der Waals surface area contributed by atoms with E-state index >= 15 is 0 Å². The molecule has 5 rings (SSSR count). The number of nitrogens with one attached hydrogen (secondary N) is 2. The molecule has 2 N–H and O–H groups in total. The predicted molar refractivity (Wildman–Crippen MR) is 132 cm³/mol. The maximum atomic E-state index is 14.0. The number of rotatable bonds is 3. The van der Waals surface area contributed by atoms with Gasteiger partial charge in [0.05, 0.1) is 37.5 Å². The minimum absolute atomic E-state index is 0.0907. The van der Waals surface area contributed by atoms with Crippen molar-refractivity contribution in [3.05, 3.63) is 56.0 Å². The average Bonchev–Trinajstić information content (AvgIpc) is 3.34. The van der Waals surface area contributed by atoms with Crippen LogP contribution < -0.4 is 10.6 Å². The van der Waals surface area contributed by atoms with Crippen LogP contribution in [0, 0.1) is 5.82 Å². The molecule has 32 heavy (non-hydrogen) atoms. The molecule has 3 aliphatic rings. The van der Waals surface area contributed by atoms with E-state index in [1.165, 1.54) is 23.5 Å². The summed E-state index contributed by atoms with van der Waals surface area (Å²) in [6, 6.07) is 2.65. The first-order chi connectivity index (χ1) is 15.5. The SMILES string of the molecule is O=C(Nc1nc2c(s1)COCC2)C1=NCCI=C2NC(c3c(Cl)ccc(F)c3Cl)O/C2=C/1. The summed E-state index contributed by atoms with van der Waals surface area (Å²) >= 11 is 13.4. The van der Waals surface area contributed by atoms with Gasteiger partial charge in [-0.15, -0.1) is 0 Å². The summed E-state index contributed by atoms with van der Waals surface area (Å²) in [6.45, 7) is 1.68. The number of amides is 1. The number of anilines is 1. The zero-order chi connectivity index (χ0) is 22.2. The highest BCUT2D eigenvalue weighted by molar-refractivity contribution is 14.2. The molecule has 12 heteroatoms. The van der Waals surface area contributed by atoms with Crippen LogP contribution in [0.5, 0.6) is 0 Å². The molecule has 2 aromatic rings. The Bertz CT molecular complexity index is 1180. The first-order valence-corrected chi connectivity index (χ1v) is 13.8. The Morgan fingerprint density at radius 1 is 1.38 bits per heavy atom. The molecule has 7 nitrogen and oxygen atoms in total. The number of thiazole rings is 1. The second-order valence-electron chi connectivity index (χ2n) is 6.96. The molecular formula is C20H16Cl2FIN4O3S. The lowest BCUT2D eigenvalue weighted by Crippen LogP contribution is -2.24. The molecule has 168 valence electrons. The van der Waals surface area contributed by atoms with Crippen LogP contribution in [-0.4, -0.2) is 37.8 Å². The summed E-state index contributed by atoms with van der Waals surface area (Å²) in [7, 11) is 0. The second-order valence-corrected chi connectivity index (χ2v) is 11.7. The number of fused-ring (bicyclic) bond motifs is 2. The van der Waals surface area contributed by atoms with Crippen molar-refractivity contribution in [1.82, 2.24) is 10.3 Å². The fourth-order valence-electron chi connectivity index (χ4n) is 3.36. The highest BCUT2D eigenvalue weighted by Crippen LogP contribution is 2.38. The van der Waals surface area contributed by atoms with Crippen molar-refractivity contribution in [1.29, 1.82) is 0 Å². The molecule has 0 aliphatic carbocycles. The van der Waals surface area contributed by atoms with Crippen LogP contribution in [0.4, 0.5) is 9.52 Å². The lowest BCUT2D eigenvalue weighted by atomic mass is 10.2. The molecule has 1 aromatic heterocycles. The maximum absolute atomic E-state index is 14.0. The van der Waals surface area contributed by atoms with E-state index in [9.17, 15) is 9.18 Å². The summed E-state index contributed by atoms with van der Waals surface area (Å²) in [5.74, 6) is -0.440. The summed E-state index contributed by atoms with van der Waals surface area (Å²) in [5, 5.41) is 6.82. The Kier molecular flexibility index (Phi) is 6.59. The number of carbonyl (C=O) groups excluding carboxylic acids is 1. The van der Waals surface area contributed by atoms with E-state index in [4.69, 9.17) is 32.7 Å². The van der Waals surface area contributed by atoms with Gasteiger partial charge in [-0.3, -0.25) is 15.1 Å². The smallest absolute Gasteiger partial charge is 0.275 e. The van der Waals surface area contributed by atoms with Gasteiger partial charge in [0.2, 0.25) is 0 Å². The number of alkyl halides is 1. The van der Waals surface area contributed by atoms with Gasteiger partial charge in [-0.1, -0.05) is 55.3 Å². The van der Waals surface area contributed by atoms with Gasteiger partial charge in [0.15, 0.2) is 11.4 Å². The minimum Gasteiger partial charge on any atom is -0.468 e. The molecule has 0 saturated carbocycles. The van der Waals surface area contributed by atoms with E-state index in [-0.39, 0.29) is 16.6 Å². The van der Waals surface area contributed by atoms with E-state index in [0.717, 1.165) is 25.1 Å². The molecule has 0 spiro atoms. The third-order valence-corrected chi connectivity index (χ3v) is 9.20. The number of ether oxygens (including phenoxy) is 2. The lowest BCUT2D eigenvalue weighted by Gasteiger charge is -2.14. The standard InChI is InChI=1S/C20H16Cl2FIN4O3S/c21-9-1-2-10(23)16(22)15(9)19-27-17-13(31-19)7-12(25-5-4-24-17)18(29)28-20-26-11-3-6-30-8-14(11)32-20/h1-2,7,19,27H,3-6,8H2,(H,26,28,29)/b13-7+,25-12?. The minimum atomic E-state index is -0.736. The van der Waals surface area contributed by atoms with Crippen LogP contribution >= 0.6 is 55.3 Å². The molecule has 1 atom stereocenters.